The molecule has 0 aliphatic heterocycles. The van der Waals surface area contributed by atoms with Crippen LogP contribution in [0.1, 0.15) is 206 Å². The molecular weight excluding hydrogens is 703 g/mol. The number of hydrogen-bond acceptors (Lipinski definition) is 4. The molecule has 0 aromatic carbocycles. The molecule has 0 heterocycles. The summed E-state index contributed by atoms with van der Waals surface area (Å²) >= 11 is 0. The highest BCUT2D eigenvalue weighted by molar-refractivity contribution is 7.85. The second-order valence-corrected chi connectivity index (χ2v) is 16.8. The standard InChI is InChI=1S/C48H85NO5S/c1-3-5-7-9-11-13-15-17-19-21-23-24-26-28-30-32-34-36-38-40-42-44-48(51)49-46(45-55(52,53)54)47(50)43-41-39-37-35-33-31-29-27-25-22-20-18-16-14-12-10-8-6-4-2/h5,7,11,13,17,19,23-24,28,30,34,36,46-47,50H,3-4,6,8-10,12,14-16,18,20-22,25-27,29,31-33,35,37-45H2,1-2H3,(H,49,51)(H,52,53,54)/b7-5-,13-11-,19-17-,24-23-,30-28-,36-34-. The number of hydrogen-bond donors (Lipinski definition) is 3. The van der Waals surface area contributed by atoms with Crippen molar-refractivity contribution in [1.82, 2.24) is 5.32 Å². The number of allylic oxidation sites excluding steroid dienone is 12. The Kier molecular flexibility index (Phi) is 39.7. The van der Waals surface area contributed by atoms with Crippen molar-refractivity contribution in [2.45, 2.75) is 219 Å². The number of unbranched alkanes of at least 4 members (excludes halogenated alkanes) is 20. The van der Waals surface area contributed by atoms with Crippen LogP contribution in [-0.2, 0) is 14.9 Å². The molecule has 0 aromatic rings. The smallest absolute Gasteiger partial charge is 0.266 e. The van der Waals surface area contributed by atoms with E-state index in [0.29, 0.717) is 12.8 Å². The highest BCUT2D eigenvalue weighted by atomic mass is 32.2. The van der Waals surface area contributed by atoms with Gasteiger partial charge in [0, 0.05) is 6.42 Å². The zero-order valence-electron chi connectivity index (χ0n) is 35.5. The van der Waals surface area contributed by atoms with Gasteiger partial charge in [-0.15, -0.1) is 0 Å². The maximum atomic E-state index is 12.6. The van der Waals surface area contributed by atoms with Crippen LogP contribution in [0.3, 0.4) is 0 Å². The molecule has 2 atom stereocenters. The Morgan fingerprint density at radius 3 is 1.25 bits per heavy atom. The Bertz CT molecular complexity index is 1140. The molecule has 1 amide bonds. The second-order valence-electron chi connectivity index (χ2n) is 15.3. The Hall–Kier alpha value is -2.22. The van der Waals surface area contributed by atoms with E-state index in [1.807, 2.05) is 0 Å². The lowest BCUT2D eigenvalue weighted by Crippen LogP contribution is -2.47. The highest BCUT2D eigenvalue weighted by Gasteiger charge is 2.26. The summed E-state index contributed by atoms with van der Waals surface area (Å²) in [5, 5.41) is 13.4. The molecule has 2 unspecified atom stereocenters. The molecular formula is C48H85NO5S. The summed E-state index contributed by atoms with van der Waals surface area (Å²) < 4.78 is 32.6. The van der Waals surface area contributed by atoms with Crippen LogP contribution in [-0.4, -0.2) is 41.9 Å². The average Bonchev–Trinajstić information content (AvgIpc) is 3.15. The maximum absolute atomic E-state index is 12.6. The third kappa shape index (κ3) is 42.8. The van der Waals surface area contributed by atoms with E-state index >= 15 is 0 Å². The van der Waals surface area contributed by atoms with E-state index in [9.17, 15) is 22.9 Å². The van der Waals surface area contributed by atoms with Crippen molar-refractivity contribution in [1.29, 1.82) is 0 Å². The molecule has 0 radical (unpaired) electrons. The molecule has 0 bridgehead atoms. The SMILES string of the molecule is CC/C=C\C/C=C\C/C=C\C/C=C\C/C=C\C/C=C\CCCCC(=O)NC(CS(=O)(=O)O)C(O)CCCCCCCCCCCCCCCCCCCCC. The van der Waals surface area contributed by atoms with E-state index in [1.54, 1.807) is 0 Å². The number of carbonyl (C=O) groups is 1. The first-order valence-corrected chi connectivity index (χ1v) is 24.2. The lowest BCUT2D eigenvalue weighted by atomic mass is 10.0. The van der Waals surface area contributed by atoms with E-state index in [4.69, 9.17) is 0 Å². The van der Waals surface area contributed by atoms with E-state index in [0.717, 1.165) is 70.6 Å². The normalized spacial score (nSPS) is 13.9. The van der Waals surface area contributed by atoms with Gasteiger partial charge in [-0.05, 0) is 64.2 Å². The van der Waals surface area contributed by atoms with Crippen LogP contribution in [0.2, 0.25) is 0 Å². The van der Waals surface area contributed by atoms with Crippen LogP contribution in [0.5, 0.6) is 0 Å². The molecule has 318 valence electrons. The van der Waals surface area contributed by atoms with Crippen LogP contribution in [0.15, 0.2) is 72.9 Å². The fraction of sp³-hybridized carbons (Fsp3) is 0.729. The summed E-state index contributed by atoms with van der Waals surface area (Å²) in [5.74, 6) is -0.957. The average molecular weight is 788 g/mol. The molecule has 0 spiro atoms. The summed E-state index contributed by atoms with van der Waals surface area (Å²) in [6.45, 7) is 4.42. The number of carbonyl (C=O) groups excluding carboxylic acids is 1. The monoisotopic (exact) mass is 788 g/mol. The topological polar surface area (TPSA) is 104 Å². The van der Waals surface area contributed by atoms with Crippen molar-refractivity contribution in [3.8, 4) is 0 Å². The zero-order valence-corrected chi connectivity index (χ0v) is 36.3. The van der Waals surface area contributed by atoms with Gasteiger partial charge in [-0.2, -0.15) is 8.42 Å². The summed E-state index contributed by atoms with van der Waals surface area (Å²) in [6, 6.07) is -0.999. The lowest BCUT2D eigenvalue weighted by molar-refractivity contribution is -0.122. The van der Waals surface area contributed by atoms with E-state index in [1.165, 1.54) is 103 Å². The number of nitrogens with one attached hydrogen (secondary N) is 1. The van der Waals surface area contributed by atoms with Crippen molar-refractivity contribution in [3.63, 3.8) is 0 Å². The van der Waals surface area contributed by atoms with Gasteiger partial charge in [-0.25, -0.2) is 0 Å². The molecule has 7 heteroatoms. The fourth-order valence-electron chi connectivity index (χ4n) is 6.58. The second kappa shape index (κ2) is 41.4. The molecule has 0 aliphatic rings. The van der Waals surface area contributed by atoms with Gasteiger partial charge in [0.25, 0.3) is 10.1 Å². The highest BCUT2D eigenvalue weighted by Crippen LogP contribution is 2.16. The Balaban J connectivity index is 3.93. The van der Waals surface area contributed by atoms with Crippen molar-refractivity contribution in [2.75, 3.05) is 5.75 Å². The molecule has 0 fully saturated rings. The first-order chi connectivity index (χ1) is 26.8. The van der Waals surface area contributed by atoms with Gasteiger partial charge in [0.05, 0.1) is 17.9 Å². The van der Waals surface area contributed by atoms with Gasteiger partial charge < -0.3 is 10.4 Å². The van der Waals surface area contributed by atoms with Gasteiger partial charge in [0.15, 0.2) is 0 Å². The van der Waals surface area contributed by atoms with Crippen LogP contribution in [0.4, 0.5) is 0 Å². The molecule has 55 heavy (non-hydrogen) atoms. The minimum absolute atomic E-state index is 0.260. The van der Waals surface area contributed by atoms with E-state index in [2.05, 4.69) is 92.1 Å². The first kappa shape index (κ1) is 52.8. The van der Waals surface area contributed by atoms with Gasteiger partial charge in [-0.3, -0.25) is 9.35 Å². The van der Waals surface area contributed by atoms with Crippen LogP contribution in [0.25, 0.3) is 0 Å². The summed E-state index contributed by atoms with van der Waals surface area (Å²) in [4.78, 5) is 12.6. The molecule has 0 rings (SSSR count). The summed E-state index contributed by atoms with van der Waals surface area (Å²) in [6.07, 6.45) is 58.6. The predicted octanol–water partition coefficient (Wildman–Crippen LogP) is 13.8. The number of rotatable bonds is 40. The first-order valence-electron chi connectivity index (χ1n) is 22.6. The van der Waals surface area contributed by atoms with Gasteiger partial charge >= 0.3 is 0 Å². The van der Waals surface area contributed by atoms with Crippen molar-refractivity contribution in [3.05, 3.63) is 72.9 Å². The fourth-order valence-corrected chi connectivity index (χ4v) is 7.33. The third-order valence-corrected chi connectivity index (χ3v) is 10.7. The number of amides is 1. The third-order valence-electron chi connectivity index (χ3n) is 9.93. The van der Waals surface area contributed by atoms with Crippen LogP contribution < -0.4 is 5.32 Å². The minimum atomic E-state index is -4.33. The predicted molar refractivity (Wildman–Crippen MR) is 239 cm³/mol. The van der Waals surface area contributed by atoms with Crippen LogP contribution >= 0.6 is 0 Å². The van der Waals surface area contributed by atoms with Crippen molar-refractivity contribution >= 4 is 16.0 Å². The summed E-state index contributed by atoms with van der Waals surface area (Å²) in [5.41, 5.74) is 0. The maximum Gasteiger partial charge on any atom is 0.266 e. The molecule has 0 saturated carbocycles. The summed E-state index contributed by atoms with van der Waals surface area (Å²) in [7, 11) is -4.33. The molecule has 0 aromatic heterocycles. The van der Waals surface area contributed by atoms with Crippen molar-refractivity contribution in [2.24, 2.45) is 0 Å². The largest absolute Gasteiger partial charge is 0.391 e. The number of aliphatic hydroxyl groups excluding tert-OH is 1. The Morgan fingerprint density at radius 2 is 0.873 bits per heavy atom. The zero-order chi connectivity index (χ0) is 40.3. The van der Waals surface area contributed by atoms with Gasteiger partial charge in [0.2, 0.25) is 5.91 Å². The molecule has 0 aliphatic carbocycles. The van der Waals surface area contributed by atoms with Gasteiger partial charge in [-0.1, -0.05) is 209 Å². The van der Waals surface area contributed by atoms with Crippen molar-refractivity contribution < 1.29 is 22.9 Å². The Morgan fingerprint density at radius 1 is 0.509 bits per heavy atom. The van der Waals surface area contributed by atoms with Crippen LogP contribution in [0, 0.1) is 0 Å². The Labute approximate surface area is 340 Å². The van der Waals surface area contributed by atoms with E-state index in [-0.39, 0.29) is 12.3 Å². The van der Waals surface area contributed by atoms with E-state index < -0.39 is 28.0 Å². The minimum Gasteiger partial charge on any atom is -0.391 e. The number of aliphatic hydroxyl groups is 1. The lowest BCUT2D eigenvalue weighted by Gasteiger charge is -2.23. The molecule has 3 N–H and O–H groups in total. The molecule has 0 saturated heterocycles. The van der Waals surface area contributed by atoms with Gasteiger partial charge in [0.1, 0.15) is 0 Å². The quantitative estimate of drug-likeness (QED) is 0.0326. The molecule has 6 nitrogen and oxygen atoms in total.